The van der Waals surface area contributed by atoms with E-state index in [2.05, 4.69) is 5.32 Å². The standard InChI is InChI=1S/C23H21NO4/c1-3-27-21-7-5-4-6-20(21)24-22(25)17-12-14-19(15-13-17)28-23(26)18-10-8-16(2)9-11-18/h4-15H,3H2,1-2H3,(H,24,25). The number of hydrogen-bond acceptors (Lipinski definition) is 4. The predicted molar refractivity (Wildman–Crippen MR) is 108 cm³/mol. The summed E-state index contributed by atoms with van der Waals surface area (Å²) in [6.07, 6.45) is 0. The number of carbonyl (C=O) groups is 2. The maximum absolute atomic E-state index is 12.5. The molecular formula is C23H21NO4. The van der Waals surface area contributed by atoms with E-state index < -0.39 is 5.97 Å². The molecule has 0 aliphatic carbocycles. The Kier molecular flexibility index (Phi) is 6.07. The fourth-order valence-electron chi connectivity index (χ4n) is 2.58. The molecule has 3 rings (SSSR count). The molecule has 0 aliphatic rings. The lowest BCUT2D eigenvalue weighted by molar-refractivity contribution is 0.0734. The van der Waals surface area contributed by atoms with Gasteiger partial charge in [-0.15, -0.1) is 0 Å². The van der Waals surface area contributed by atoms with Gasteiger partial charge in [-0.2, -0.15) is 0 Å². The van der Waals surface area contributed by atoms with Gasteiger partial charge in [-0.05, 0) is 62.4 Å². The smallest absolute Gasteiger partial charge is 0.343 e. The highest BCUT2D eigenvalue weighted by Gasteiger charge is 2.12. The van der Waals surface area contributed by atoms with E-state index >= 15 is 0 Å². The Balaban J connectivity index is 1.66. The zero-order chi connectivity index (χ0) is 19.9. The Labute approximate surface area is 163 Å². The Morgan fingerprint density at radius 1 is 0.857 bits per heavy atom. The number of hydrogen-bond donors (Lipinski definition) is 1. The largest absolute Gasteiger partial charge is 0.492 e. The molecular weight excluding hydrogens is 354 g/mol. The Bertz CT molecular complexity index is 963. The number of rotatable bonds is 6. The van der Waals surface area contributed by atoms with Crippen molar-refractivity contribution in [1.29, 1.82) is 0 Å². The average Bonchev–Trinajstić information content (AvgIpc) is 2.70. The third-order valence-corrected chi connectivity index (χ3v) is 4.05. The van der Waals surface area contributed by atoms with E-state index in [9.17, 15) is 9.59 Å². The fourth-order valence-corrected chi connectivity index (χ4v) is 2.58. The van der Waals surface area contributed by atoms with Gasteiger partial charge in [0.2, 0.25) is 0 Å². The van der Waals surface area contributed by atoms with Gasteiger partial charge in [0.1, 0.15) is 11.5 Å². The molecule has 0 saturated heterocycles. The normalized spacial score (nSPS) is 10.2. The highest BCUT2D eigenvalue weighted by atomic mass is 16.5. The SMILES string of the molecule is CCOc1ccccc1NC(=O)c1ccc(OC(=O)c2ccc(C)cc2)cc1. The van der Waals surface area contributed by atoms with E-state index in [1.54, 1.807) is 48.5 Å². The summed E-state index contributed by atoms with van der Waals surface area (Å²) in [7, 11) is 0. The first-order valence-corrected chi connectivity index (χ1v) is 8.99. The summed E-state index contributed by atoms with van der Waals surface area (Å²) in [5.74, 6) is 0.269. The lowest BCUT2D eigenvalue weighted by atomic mass is 10.1. The van der Waals surface area contributed by atoms with Crippen molar-refractivity contribution >= 4 is 17.6 Å². The van der Waals surface area contributed by atoms with Gasteiger partial charge in [-0.25, -0.2) is 4.79 Å². The van der Waals surface area contributed by atoms with Crippen molar-refractivity contribution in [2.75, 3.05) is 11.9 Å². The lowest BCUT2D eigenvalue weighted by Crippen LogP contribution is -2.13. The second kappa shape index (κ2) is 8.86. The zero-order valence-corrected chi connectivity index (χ0v) is 15.8. The highest BCUT2D eigenvalue weighted by Crippen LogP contribution is 2.24. The van der Waals surface area contributed by atoms with E-state index in [-0.39, 0.29) is 5.91 Å². The molecule has 0 aliphatic heterocycles. The summed E-state index contributed by atoms with van der Waals surface area (Å²) in [6.45, 7) is 4.34. The number of esters is 1. The van der Waals surface area contributed by atoms with Crippen molar-refractivity contribution in [2.45, 2.75) is 13.8 Å². The van der Waals surface area contributed by atoms with Crippen molar-refractivity contribution in [3.63, 3.8) is 0 Å². The average molecular weight is 375 g/mol. The lowest BCUT2D eigenvalue weighted by Gasteiger charge is -2.11. The summed E-state index contributed by atoms with van der Waals surface area (Å²) in [5, 5.41) is 2.83. The molecule has 0 fully saturated rings. The van der Waals surface area contributed by atoms with E-state index in [1.807, 2.05) is 38.1 Å². The number of benzene rings is 3. The summed E-state index contributed by atoms with van der Waals surface area (Å²) in [6, 6.07) is 20.8. The van der Waals surface area contributed by atoms with Gasteiger partial charge < -0.3 is 14.8 Å². The third kappa shape index (κ3) is 4.76. The molecule has 3 aromatic carbocycles. The van der Waals surface area contributed by atoms with Gasteiger partial charge >= 0.3 is 5.97 Å². The number of anilines is 1. The minimum absolute atomic E-state index is 0.274. The van der Waals surface area contributed by atoms with E-state index in [0.717, 1.165) is 5.56 Å². The molecule has 0 spiro atoms. The summed E-state index contributed by atoms with van der Waals surface area (Å²) < 4.78 is 10.9. The Hall–Kier alpha value is -3.60. The van der Waals surface area contributed by atoms with Gasteiger partial charge in [0.25, 0.3) is 5.91 Å². The molecule has 142 valence electrons. The van der Waals surface area contributed by atoms with Crippen LogP contribution in [0.2, 0.25) is 0 Å². The molecule has 0 atom stereocenters. The third-order valence-electron chi connectivity index (χ3n) is 4.05. The van der Waals surface area contributed by atoms with Gasteiger partial charge in [0.15, 0.2) is 0 Å². The summed E-state index contributed by atoms with van der Waals surface area (Å²) in [5.41, 5.74) is 2.59. The van der Waals surface area contributed by atoms with Gasteiger partial charge in [-0.3, -0.25) is 4.79 Å². The molecule has 5 nitrogen and oxygen atoms in total. The molecule has 0 radical (unpaired) electrons. The molecule has 1 amide bonds. The molecule has 0 aromatic heterocycles. The highest BCUT2D eigenvalue weighted by molar-refractivity contribution is 6.05. The van der Waals surface area contributed by atoms with Crippen LogP contribution < -0.4 is 14.8 Å². The second-order valence-electron chi connectivity index (χ2n) is 6.16. The molecule has 0 saturated carbocycles. The van der Waals surface area contributed by atoms with Crippen LogP contribution in [0.5, 0.6) is 11.5 Å². The first kappa shape index (κ1) is 19.2. The van der Waals surface area contributed by atoms with Crippen molar-refractivity contribution in [3.05, 3.63) is 89.5 Å². The molecule has 0 unspecified atom stereocenters. The van der Waals surface area contributed by atoms with Crippen LogP contribution >= 0.6 is 0 Å². The zero-order valence-electron chi connectivity index (χ0n) is 15.8. The second-order valence-corrected chi connectivity index (χ2v) is 6.16. The maximum Gasteiger partial charge on any atom is 0.343 e. The van der Waals surface area contributed by atoms with Gasteiger partial charge in [-0.1, -0.05) is 29.8 Å². The van der Waals surface area contributed by atoms with E-state index in [1.165, 1.54) is 0 Å². The molecule has 0 bridgehead atoms. The van der Waals surface area contributed by atoms with E-state index in [4.69, 9.17) is 9.47 Å². The van der Waals surface area contributed by atoms with Gasteiger partial charge in [0.05, 0.1) is 17.9 Å². The molecule has 0 heterocycles. The van der Waals surface area contributed by atoms with Crippen LogP contribution in [0, 0.1) is 6.92 Å². The van der Waals surface area contributed by atoms with Crippen LogP contribution in [0.4, 0.5) is 5.69 Å². The maximum atomic E-state index is 12.5. The number of nitrogens with one attached hydrogen (secondary N) is 1. The van der Waals surface area contributed by atoms with Crippen LogP contribution in [-0.4, -0.2) is 18.5 Å². The Morgan fingerprint density at radius 3 is 2.18 bits per heavy atom. The number of ether oxygens (including phenoxy) is 2. The molecule has 3 aromatic rings. The predicted octanol–water partition coefficient (Wildman–Crippen LogP) is 4.87. The summed E-state index contributed by atoms with van der Waals surface area (Å²) in [4.78, 5) is 24.7. The van der Waals surface area contributed by atoms with Crippen LogP contribution in [0.3, 0.4) is 0 Å². The van der Waals surface area contributed by atoms with Crippen molar-refractivity contribution in [2.24, 2.45) is 0 Å². The first-order chi connectivity index (χ1) is 13.6. The van der Waals surface area contributed by atoms with Crippen molar-refractivity contribution in [3.8, 4) is 11.5 Å². The fraction of sp³-hybridized carbons (Fsp3) is 0.130. The molecule has 5 heteroatoms. The van der Waals surface area contributed by atoms with Crippen LogP contribution in [-0.2, 0) is 0 Å². The minimum atomic E-state index is -0.442. The van der Waals surface area contributed by atoms with Crippen molar-refractivity contribution < 1.29 is 19.1 Å². The number of para-hydroxylation sites is 2. The Morgan fingerprint density at radius 2 is 1.50 bits per heavy atom. The molecule has 1 N–H and O–H groups in total. The van der Waals surface area contributed by atoms with Crippen LogP contribution in [0.15, 0.2) is 72.8 Å². The minimum Gasteiger partial charge on any atom is -0.492 e. The number of amides is 1. The van der Waals surface area contributed by atoms with E-state index in [0.29, 0.717) is 34.9 Å². The van der Waals surface area contributed by atoms with Gasteiger partial charge in [0, 0.05) is 5.56 Å². The topological polar surface area (TPSA) is 64.6 Å². The first-order valence-electron chi connectivity index (χ1n) is 8.99. The number of aryl methyl sites for hydroxylation is 1. The van der Waals surface area contributed by atoms with Crippen molar-refractivity contribution in [1.82, 2.24) is 0 Å². The number of carbonyl (C=O) groups excluding carboxylic acids is 2. The summed E-state index contributed by atoms with van der Waals surface area (Å²) >= 11 is 0. The van der Waals surface area contributed by atoms with Crippen LogP contribution in [0.25, 0.3) is 0 Å². The van der Waals surface area contributed by atoms with Crippen LogP contribution in [0.1, 0.15) is 33.2 Å². The molecule has 28 heavy (non-hydrogen) atoms. The quantitative estimate of drug-likeness (QED) is 0.493. The monoisotopic (exact) mass is 375 g/mol.